The standard InChI is InChI=1S/C19H19FN4O6/c1-11(25)21-8-14-10-24(19(27)30-14)12-3-5-16(15(20)7-12)23-18(26)17-6-4-13(29-17)9-22-28-2/h3-7,9,14H,8,10H2,1-2H3,(H,21,25)(H,23,26)/b22-9+/t14-/m0/s1. The van der Waals surface area contributed by atoms with Crippen LogP contribution in [0.15, 0.2) is 39.9 Å². The molecular weight excluding hydrogens is 399 g/mol. The monoisotopic (exact) mass is 418 g/mol. The summed E-state index contributed by atoms with van der Waals surface area (Å²) in [4.78, 5) is 41.0. The van der Waals surface area contributed by atoms with Crippen molar-refractivity contribution in [3.05, 3.63) is 47.7 Å². The van der Waals surface area contributed by atoms with Crippen molar-refractivity contribution in [2.75, 3.05) is 30.4 Å². The normalized spacial score (nSPS) is 15.9. The third kappa shape index (κ3) is 4.93. The van der Waals surface area contributed by atoms with Crippen LogP contribution in [-0.4, -0.2) is 50.4 Å². The van der Waals surface area contributed by atoms with E-state index >= 15 is 0 Å². The Morgan fingerprint density at radius 1 is 1.37 bits per heavy atom. The molecule has 0 unspecified atom stereocenters. The molecule has 1 fully saturated rings. The summed E-state index contributed by atoms with van der Waals surface area (Å²) in [6.45, 7) is 1.67. The largest absolute Gasteiger partial charge is 0.450 e. The van der Waals surface area contributed by atoms with Crippen molar-refractivity contribution in [1.29, 1.82) is 0 Å². The Balaban J connectivity index is 1.66. The number of carbonyl (C=O) groups excluding carboxylic acids is 3. The van der Waals surface area contributed by atoms with E-state index in [1.165, 1.54) is 49.4 Å². The number of nitrogens with zero attached hydrogens (tertiary/aromatic N) is 2. The summed E-state index contributed by atoms with van der Waals surface area (Å²) in [5, 5.41) is 8.48. The van der Waals surface area contributed by atoms with Crippen LogP contribution in [0.5, 0.6) is 0 Å². The second-order valence-electron chi connectivity index (χ2n) is 6.29. The number of hydrogen-bond donors (Lipinski definition) is 2. The highest BCUT2D eigenvalue weighted by Crippen LogP contribution is 2.26. The Hall–Kier alpha value is -3.89. The zero-order valence-corrected chi connectivity index (χ0v) is 16.2. The van der Waals surface area contributed by atoms with Gasteiger partial charge in [-0.25, -0.2) is 9.18 Å². The van der Waals surface area contributed by atoms with Crippen LogP contribution in [-0.2, 0) is 14.4 Å². The predicted octanol–water partition coefficient (Wildman–Crippen LogP) is 2.11. The fraction of sp³-hybridized carbons (Fsp3) is 0.263. The van der Waals surface area contributed by atoms with Gasteiger partial charge < -0.3 is 24.6 Å². The van der Waals surface area contributed by atoms with Gasteiger partial charge in [-0.2, -0.15) is 0 Å². The Kier molecular flexibility index (Phi) is 6.30. The van der Waals surface area contributed by atoms with Gasteiger partial charge >= 0.3 is 6.09 Å². The lowest BCUT2D eigenvalue weighted by atomic mass is 10.2. The molecule has 1 aliphatic heterocycles. The summed E-state index contributed by atoms with van der Waals surface area (Å²) in [6, 6.07) is 6.82. The average molecular weight is 418 g/mol. The molecule has 3 rings (SSSR count). The molecular formula is C19H19FN4O6. The molecule has 158 valence electrons. The van der Waals surface area contributed by atoms with Gasteiger partial charge in [-0.05, 0) is 30.3 Å². The zero-order chi connectivity index (χ0) is 21.7. The van der Waals surface area contributed by atoms with E-state index in [1.54, 1.807) is 0 Å². The molecule has 0 aliphatic carbocycles. The Morgan fingerprint density at radius 2 is 2.17 bits per heavy atom. The predicted molar refractivity (Wildman–Crippen MR) is 104 cm³/mol. The van der Waals surface area contributed by atoms with Crippen molar-refractivity contribution < 1.29 is 32.8 Å². The number of rotatable bonds is 7. The molecule has 2 heterocycles. The molecule has 0 saturated carbocycles. The summed E-state index contributed by atoms with van der Waals surface area (Å²) >= 11 is 0. The minimum Gasteiger partial charge on any atom is -0.450 e. The van der Waals surface area contributed by atoms with Gasteiger partial charge in [0.25, 0.3) is 5.91 Å². The number of cyclic esters (lactones) is 1. The second-order valence-corrected chi connectivity index (χ2v) is 6.29. The molecule has 0 radical (unpaired) electrons. The van der Waals surface area contributed by atoms with Crippen LogP contribution in [0, 0.1) is 5.82 Å². The summed E-state index contributed by atoms with van der Waals surface area (Å²) in [6.07, 6.45) is 0.0848. The molecule has 1 saturated heterocycles. The highest BCUT2D eigenvalue weighted by atomic mass is 19.1. The first kappa shape index (κ1) is 20.8. The minimum absolute atomic E-state index is 0.0417. The van der Waals surface area contributed by atoms with Gasteiger partial charge in [0, 0.05) is 6.92 Å². The number of furan rings is 1. The number of anilines is 2. The van der Waals surface area contributed by atoms with Gasteiger partial charge in [-0.3, -0.25) is 14.5 Å². The molecule has 1 aromatic carbocycles. The Morgan fingerprint density at radius 3 is 2.87 bits per heavy atom. The molecule has 0 bridgehead atoms. The number of amides is 3. The molecule has 0 spiro atoms. The molecule has 30 heavy (non-hydrogen) atoms. The number of hydrogen-bond acceptors (Lipinski definition) is 7. The van der Waals surface area contributed by atoms with Crippen molar-refractivity contribution >= 4 is 35.5 Å². The quantitative estimate of drug-likeness (QED) is 0.525. The lowest BCUT2D eigenvalue weighted by molar-refractivity contribution is -0.119. The lowest BCUT2D eigenvalue weighted by Gasteiger charge is -2.14. The topological polar surface area (TPSA) is 122 Å². The van der Waals surface area contributed by atoms with Crippen LogP contribution in [0.1, 0.15) is 23.2 Å². The number of oxime groups is 1. The number of ether oxygens (including phenoxy) is 1. The maximum atomic E-state index is 14.5. The number of nitrogens with one attached hydrogen (secondary N) is 2. The van der Waals surface area contributed by atoms with Crippen molar-refractivity contribution in [3.63, 3.8) is 0 Å². The van der Waals surface area contributed by atoms with Crippen LogP contribution < -0.4 is 15.5 Å². The molecule has 2 N–H and O–H groups in total. The summed E-state index contributed by atoms with van der Waals surface area (Å²) in [5.41, 5.74) is 0.173. The maximum absolute atomic E-state index is 14.5. The fourth-order valence-electron chi connectivity index (χ4n) is 2.70. The van der Waals surface area contributed by atoms with E-state index in [-0.39, 0.29) is 36.1 Å². The SMILES string of the molecule is CO/N=C/c1ccc(C(=O)Nc2ccc(N3C[C@H](CNC(C)=O)OC3=O)cc2F)o1. The first-order chi connectivity index (χ1) is 14.4. The van der Waals surface area contributed by atoms with Crippen molar-refractivity contribution in [3.8, 4) is 0 Å². The third-order valence-electron chi connectivity index (χ3n) is 4.10. The second kappa shape index (κ2) is 9.07. The van der Waals surface area contributed by atoms with E-state index in [9.17, 15) is 18.8 Å². The lowest BCUT2D eigenvalue weighted by Crippen LogP contribution is -2.33. The van der Waals surface area contributed by atoms with E-state index < -0.39 is 23.9 Å². The Bertz CT molecular complexity index is 989. The van der Waals surface area contributed by atoms with Crippen LogP contribution in [0.4, 0.5) is 20.6 Å². The smallest absolute Gasteiger partial charge is 0.414 e. The molecule has 3 amide bonds. The van der Waals surface area contributed by atoms with Crippen LogP contribution in [0.2, 0.25) is 0 Å². The highest BCUT2D eigenvalue weighted by molar-refractivity contribution is 6.03. The first-order valence-corrected chi connectivity index (χ1v) is 8.87. The van der Waals surface area contributed by atoms with E-state index in [2.05, 4.69) is 20.6 Å². The maximum Gasteiger partial charge on any atom is 0.414 e. The summed E-state index contributed by atoms with van der Waals surface area (Å²) < 4.78 is 24.9. The zero-order valence-electron chi connectivity index (χ0n) is 16.2. The fourth-order valence-corrected chi connectivity index (χ4v) is 2.70. The third-order valence-corrected chi connectivity index (χ3v) is 4.10. The summed E-state index contributed by atoms with van der Waals surface area (Å²) in [5.74, 6) is -1.40. The van der Waals surface area contributed by atoms with Crippen LogP contribution >= 0.6 is 0 Å². The van der Waals surface area contributed by atoms with Crippen molar-refractivity contribution in [1.82, 2.24) is 5.32 Å². The van der Waals surface area contributed by atoms with Crippen LogP contribution in [0.3, 0.4) is 0 Å². The van der Waals surface area contributed by atoms with Gasteiger partial charge in [0.15, 0.2) is 5.76 Å². The van der Waals surface area contributed by atoms with Crippen molar-refractivity contribution in [2.45, 2.75) is 13.0 Å². The van der Waals surface area contributed by atoms with Gasteiger partial charge in [0.1, 0.15) is 31.0 Å². The minimum atomic E-state index is -0.744. The van der Waals surface area contributed by atoms with Crippen molar-refractivity contribution in [2.24, 2.45) is 5.16 Å². The van der Waals surface area contributed by atoms with E-state index in [1.807, 2.05) is 0 Å². The van der Waals surface area contributed by atoms with Gasteiger partial charge in [0.2, 0.25) is 5.91 Å². The highest BCUT2D eigenvalue weighted by Gasteiger charge is 2.32. The van der Waals surface area contributed by atoms with E-state index in [0.29, 0.717) is 5.76 Å². The summed E-state index contributed by atoms with van der Waals surface area (Å²) in [7, 11) is 1.37. The van der Waals surface area contributed by atoms with Gasteiger partial charge in [-0.15, -0.1) is 0 Å². The molecule has 1 aliphatic rings. The molecule has 10 nitrogen and oxygen atoms in total. The first-order valence-electron chi connectivity index (χ1n) is 8.87. The molecule has 11 heteroatoms. The van der Waals surface area contributed by atoms with Crippen LogP contribution in [0.25, 0.3) is 0 Å². The number of benzene rings is 1. The molecule has 1 atom stereocenters. The van der Waals surface area contributed by atoms with Gasteiger partial charge in [0.05, 0.1) is 24.5 Å². The van der Waals surface area contributed by atoms with E-state index in [0.717, 1.165) is 6.07 Å². The average Bonchev–Trinajstić information content (AvgIpc) is 3.33. The number of halogens is 1. The van der Waals surface area contributed by atoms with Gasteiger partial charge in [-0.1, -0.05) is 5.16 Å². The van der Waals surface area contributed by atoms with E-state index in [4.69, 9.17) is 9.15 Å². The number of carbonyl (C=O) groups is 3. The molecule has 1 aromatic heterocycles. The Labute approximate surface area is 170 Å². The molecule has 2 aromatic rings.